The third-order valence-corrected chi connectivity index (χ3v) is 2.65. The molecule has 0 aliphatic carbocycles. The molecule has 0 heterocycles. The van der Waals surface area contributed by atoms with Gasteiger partial charge in [-0.1, -0.05) is 29.3 Å². The molecule has 0 radical (unpaired) electrons. The number of rotatable bonds is 4. The van der Waals surface area contributed by atoms with Gasteiger partial charge in [-0.25, -0.2) is 4.79 Å². The SMILES string of the molecule is Cl.[2H]NC(=O)OC[C@@H](N)Cc1ccc(Cl)c(Cl)c1. The van der Waals surface area contributed by atoms with Crippen LogP contribution >= 0.6 is 35.6 Å². The van der Waals surface area contributed by atoms with Gasteiger partial charge in [-0.2, -0.15) is 0 Å². The van der Waals surface area contributed by atoms with E-state index in [9.17, 15) is 4.79 Å². The Balaban J connectivity index is 0.00000289. The average Bonchev–Trinajstić information content (AvgIpc) is 2.31. The van der Waals surface area contributed by atoms with E-state index in [0.29, 0.717) is 16.5 Å². The van der Waals surface area contributed by atoms with Gasteiger partial charge >= 0.3 is 6.09 Å². The molecule has 7 heteroatoms. The predicted octanol–water partition coefficient (Wildman–Crippen LogP) is 2.38. The molecule has 0 saturated heterocycles. The summed E-state index contributed by atoms with van der Waals surface area (Å²) in [6.07, 6.45) is -0.322. The quantitative estimate of drug-likeness (QED) is 0.896. The minimum atomic E-state index is -0.824. The molecule has 0 saturated carbocycles. The molecule has 4 N–H and O–H groups in total. The van der Waals surface area contributed by atoms with E-state index < -0.39 is 6.09 Å². The molecule has 0 unspecified atom stereocenters. The highest BCUT2D eigenvalue weighted by molar-refractivity contribution is 6.42. The van der Waals surface area contributed by atoms with E-state index in [-0.39, 0.29) is 25.1 Å². The number of carbonyl (C=O) groups excluding carboxylic acids is 1. The molecular weight excluding hydrogens is 286 g/mol. The van der Waals surface area contributed by atoms with Gasteiger partial charge in [0, 0.05) is 6.04 Å². The van der Waals surface area contributed by atoms with Crippen molar-refractivity contribution in [2.45, 2.75) is 12.5 Å². The predicted molar refractivity (Wildman–Crippen MR) is 70.9 cm³/mol. The van der Waals surface area contributed by atoms with Crippen molar-refractivity contribution in [2.75, 3.05) is 6.61 Å². The van der Waals surface area contributed by atoms with Crippen LogP contribution < -0.4 is 11.5 Å². The van der Waals surface area contributed by atoms with E-state index in [0.717, 1.165) is 5.56 Å². The lowest BCUT2D eigenvalue weighted by Gasteiger charge is -2.11. The molecule has 0 spiro atoms. The molecule has 0 aliphatic heterocycles. The molecule has 96 valence electrons. The highest BCUT2D eigenvalue weighted by Crippen LogP contribution is 2.22. The number of amides is 1. The van der Waals surface area contributed by atoms with Crippen molar-refractivity contribution in [1.82, 2.24) is 0 Å². The summed E-state index contributed by atoms with van der Waals surface area (Å²) in [5.74, 6) is 0. The van der Waals surface area contributed by atoms with Gasteiger partial charge in [0.05, 0.1) is 10.0 Å². The lowest BCUT2D eigenvalue weighted by Crippen LogP contribution is -2.31. The maximum absolute atomic E-state index is 10.7. The highest BCUT2D eigenvalue weighted by Gasteiger charge is 2.07. The molecule has 0 aliphatic rings. The summed E-state index contributed by atoms with van der Waals surface area (Å²) < 4.78 is 11.2. The molecule has 0 aromatic heterocycles. The molecule has 0 bridgehead atoms. The summed E-state index contributed by atoms with van der Waals surface area (Å²) in [7, 11) is 0. The number of ether oxygens (including phenoxy) is 1. The van der Waals surface area contributed by atoms with Crippen LogP contribution in [-0.4, -0.2) is 18.7 Å². The minimum absolute atomic E-state index is 0. The lowest BCUT2D eigenvalue weighted by atomic mass is 10.1. The van der Waals surface area contributed by atoms with Gasteiger partial charge in [-0.15, -0.1) is 12.4 Å². The fourth-order valence-corrected chi connectivity index (χ4v) is 1.53. The maximum Gasteiger partial charge on any atom is 0.404 e. The standard InChI is InChI=1S/C10H12Cl2N2O2.ClH/c11-8-2-1-6(4-9(8)12)3-7(13)5-16-10(14)15;/h1-2,4,7H,3,5,13H2,(H2,14,15);1H/t7-;/m0./s1/i/hD. The Morgan fingerprint density at radius 2 is 2.18 bits per heavy atom. The fraction of sp³-hybridized carbons (Fsp3) is 0.300. The van der Waals surface area contributed by atoms with Crippen LogP contribution in [0, 0.1) is 0 Å². The summed E-state index contributed by atoms with van der Waals surface area (Å²) in [5.41, 5.74) is 8.25. The normalized spacial score (nSPS) is 12.1. The molecule has 1 aromatic rings. The van der Waals surface area contributed by atoms with E-state index >= 15 is 0 Å². The molecule has 0 fully saturated rings. The molecule has 1 rings (SSSR count). The van der Waals surface area contributed by atoms with Gasteiger partial charge in [0.15, 0.2) is 1.41 Å². The van der Waals surface area contributed by atoms with E-state index in [1.54, 1.807) is 23.9 Å². The highest BCUT2D eigenvalue weighted by atomic mass is 35.5. The fourth-order valence-electron chi connectivity index (χ4n) is 1.21. The van der Waals surface area contributed by atoms with E-state index in [1.165, 1.54) is 0 Å². The Morgan fingerprint density at radius 3 is 2.76 bits per heavy atom. The molecule has 1 amide bonds. The van der Waals surface area contributed by atoms with Crippen LogP contribution in [0.3, 0.4) is 0 Å². The second kappa shape index (κ2) is 7.61. The van der Waals surface area contributed by atoms with Crippen molar-refractivity contribution < 1.29 is 10.9 Å². The number of halogens is 3. The number of hydrogen-bond acceptors (Lipinski definition) is 3. The van der Waals surface area contributed by atoms with Crippen LogP contribution in [0.4, 0.5) is 4.79 Å². The van der Waals surface area contributed by atoms with Crippen molar-refractivity contribution in [1.29, 1.82) is 0 Å². The first-order chi connectivity index (χ1) is 8.02. The number of hydrogen-bond donors (Lipinski definition) is 2. The van der Waals surface area contributed by atoms with Gasteiger partial charge in [0.1, 0.15) is 6.61 Å². The van der Waals surface area contributed by atoms with Crippen LogP contribution in [0.15, 0.2) is 18.2 Å². The number of carbonyl (C=O) groups is 1. The third kappa shape index (κ3) is 5.98. The Bertz CT molecular complexity index is 407. The van der Waals surface area contributed by atoms with Crippen molar-refractivity contribution >= 4 is 41.7 Å². The largest absolute Gasteiger partial charge is 0.448 e. The van der Waals surface area contributed by atoms with Crippen LogP contribution in [-0.2, 0) is 11.2 Å². The molecule has 1 atom stereocenters. The zero-order chi connectivity index (χ0) is 12.8. The van der Waals surface area contributed by atoms with E-state index in [2.05, 4.69) is 4.74 Å². The zero-order valence-corrected chi connectivity index (χ0v) is 11.1. The number of primary amides is 1. The van der Waals surface area contributed by atoms with Gasteiger partial charge in [-0.3, -0.25) is 0 Å². The van der Waals surface area contributed by atoms with Crippen molar-refractivity contribution in [3.8, 4) is 0 Å². The Kier molecular flexibility index (Phi) is 6.44. The first-order valence-corrected chi connectivity index (χ1v) is 5.32. The zero-order valence-electron chi connectivity index (χ0n) is 9.78. The Morgan fingerprint density at radius 1 is 1.47 bits per heavy atom. The van der Waals surface area contributed by atoms with Crippen LogP contribution in [0.2, 0.25) is 11.5 Å². The summed E-state index contributed by atoms with van der Waals surface area (Å²) in [4.78, 5) is 10.7. The summed E-state index contributed by atoms with van der Waals surface area (Å²) in [6.45, 7) is 0.0327. The number of nitrogens with two attached hydrogens (primary N) is 2. The topological polar surface area (TPSA) is 78.3 Å². The van der Waals surface area contributed by atoms with Crippen LogP contribution in [0.25, 0.3) is 0 Å². The van der Waals surface area contributed by atoms with Crippen molar-refractivity contribution in [2.24, 2.45) is 11.5 Å². The van der Waals surface area contributed by atoms with Gasteiger partial charge in [-0.05, 0) is 24.1 Å². The minimum Gasteiger partial charge on any atom is -0.448 e. The molecule has 17 heavy (non-hydrogen) atoms. The van der Waals surface area contributed by atoms with Crippen LogP contribution in [0.1, 0.15) is 5.56 Å². The number of benzene rings is 1. The Labute approximate surface area is 117 Å². The summed E-state index contributed by atoms with van der Waals surface area (Å²) in [6, 6.07) is 4.85. The summed E-state index contributed by atoms with van der Waals surface area (Å²) in [5, 5.41) is 0.940. The first kappa shape index (κ1) is 14.4. The second-order valence-electron chi connectivity index (χ2n) is 3.31. The smallest absolute Gasteiger partial charge is 0.404 e. The summed E-state index contributed by atoms with van der Waals surface area (Å²) >= 11 is 11.6. The van der Waals surface area contributed by atoms with Gasteiger partial charge in [0.2, 0.25) is 0 Å². The van der Waals surface area contributed by atoms with Gasteiger partial charge in [0.25, 0.3) is 0 Å². The molecular formula is C10H13Cl3N2O2. The van der Waals surface area contributed by atoms with E-state index in [1.807, 2.05) is 0 Å². The average molecular weight is 301 g/mol. The Hall–Kier alpha value is -0.680. The third-order valence-electron chi connectivity index (χ3n) is 1.91. The van der Waals surface area contributed by atoms with E-state index in [4.69, 9.17) is 30.3 Å². The van der Waals surface area contributed by atoms with Crippen molar-refractivity contribution in [3.05, 3.63) is 33.8 Å². The first-order valence-electron chi connectivity index (χ1n) is 5.07. The van der Waals surface area contributed by atoms with Crippen molar-refractivity contribution in [3.63, 3.8) is 0 Å². The lowest BCUT2D eigenvalue weighted by molar-refractivity contribution is 0.149. The van der Waals surface area contributed by atoms with Crippen LogP contribution in [0.5, 0.6) is 0 Å². The maximum atomic E-state index is 10.7. The molecule has 1 aromatic carbocycles. The van der Waals surface area contributed by atoms with Gasteiger partial charge < -0.3 is 16.2 Å². The second-order valence-corrected chi connectivity index (χ2v) is 4.13. The molecule has 4 nitrogen and oxygen atoms in total. The monoisotopic (exact) mass is 299 g/mol.